The Kier molecular flexibility index (Phi) is 3.23. The molecule has 0 spiro atoms. The Bertz CT molecular complexity index is 1040. The quantitative estimate of drug-likeness (QED) is 0.702. The number of aromatic nitrogens is 1. The van der Waals surface area contributed by atoms with Gasteiger partial charge >= 0.3 is 0 Å². The lowest BCUT2D eigenvalue weighted by Crippen LogP contribution is -2.14. The van der Waals surface area contributed by atoms with Gasteiger partial charge in [0.05, 0.1) is 0 Å². The molecular formula is C21H17NO. The van der Waals surface area contributed by atoms with E-state index in [9.17, 15) is 4.79 Å². The summed E-state index contributed by atoms with van der Waals surface area (Å²) in [5.41, 5.74) is 2.31. The third-order valence-electron chi connectivity index (χ3n) is 4.37. The molecule has 3 aromatic rings. The van der Waals surface area contributed by atoms with E-state index in [1.54, 1.807) is 12.2 Å². The van der Waals surface area contributed by atoms with Gasteiger partial charge in [-0.3, -0.25) is 4.79 Å². The molecule has 2 aromatic carbocycles. The molecular weight excluding hydrogens is 282 g/mol. The number of nitrogens with zero attached hydrogens (tertiary/aromatic N) is 1. The van der Waals surface area contributed by atoms with E-state index in [1.165, 1.54) is 27.0 Å². The molecule has 1 aromatic heterocycles. The van der Waals surface area contributed by atoms with Crippen LogP contribution in [-0.2, 0) is 11.3 Å². The van der Waals surface area contributed by atoms with Crippen molar-refractivity contribution in [1.82, 2.24) is 4.57 Å². The van der Waals surface area contributed by atoms with Crippen molar-refractivity contribution in [2.45, 2.75) is 13.5 Å². The molecule has 1 aliphatic rings. The predicted octanol–water partition coefficient (Wildman–Crippen LogP) is 3.94. The molecule has 0 fully saturated rings. The van der Waals surface area contributed by atoms with E-state index >= 15 is 0 Å². The van der Waals surface area contributed by atoms with E-state index < -0.39 is 0 Å². The molecule has 0 saturated carbocycles. The lowest BCUT2D eigenvalue weighted by atomic mass is 10.1. The maximum Gasteiger partial charge on any atom is 0.178 e. The Balaban J connectivity index is 2.00. The summed E-state index contributed by atoms with van der Waals surface area (Å²) in [5, 5.41) is 5.09. The first-order valence-electron chi connectivity index (χ1n) is 7.89. The van der Waals surface area contributed by atoms with E-state index in [2.05, 4.69) is 60.0 Å². The second kappa shape index (κ2) is 5.40. The summed E-state index contributed by atoms with van der Waals surface area (Å²) in [5.74, 6) is 0.0445. The number of allylic oxidation sites excluding steroid dienone is 6. The zero-order chi connectivity index (χ0) is 15.8. The zero-order valence-electron chi connectivity index (χ0n) is 13.0. The van der Waals surface area contributed by atoms with Crippen molar-refractivity contribution in [2.75, 3.05) is 0 Å². The SMILES string of the molecule is CCn1/c(=C/C=C2C=CC(=O)C=C2)c2cccc3cccc1c32. The van der Waals surface area contributed by atoms with Gasteiger partial charge in [-0.2, -0.15) is 0 Å². The van der Waals surface area contributed by atoms with Crippen molar-refractivity contribution in [2.24, 2.45) is 0 Å². The van der Waals surface area contributed by atoms with Gasteiger partial charge in [-0.25, -0.2) is 0 Å². The van der Waals surface area contributed by atoms with Crippen LogP contribution in [0.15, 0.2) is 72.4 Å². The lowest BCUT2D eigenvalue weighted by molar-refractivity contribution is -0.110. The van der Waals surface area contributed by atoms with Crippen LogP contribution in [0.1, 0.15) is 6.92 Å². The monoisotopic (exact) mass is 299 g/mol. The highest BCUT2D eigenvalue weighted by Crippen LogP contribution is 2.25. The molecule has 112 valence electrons. The van der Waals surface area contributed by atoms with Gasteiger partial charge in [0, 0.05) is 28.2 Å². The summed E-state index contributed by atoms with van der Waals surface area (Å²) in [6.07, 6.45) is 11.1. The number of carbonyl (C=O) groups is 1. The standard InChI is InChI=1S/C21H17NO/c1-2-22-19(14-11-15-9-12-17(23)13-10-15)18-7-3-5-16-6-4-8-20(22)21(16)18/h3-14H,2H2,1H3/b19-14+. The minimum atomic E-state index is 0.0445. The normalized spacial score (nSPS) is 15.3. The molecule has 0 atom stereocenters. The van der Waals surface area contributed by atoms with E-state index in [0.717, 1.165) is 12.1 Å². The summed E-state index contributed by atoms with van der Waals surface area (Å²) in [4.78, 5) is 11.2. The summed E-state index contributed by atoms with van der Waals surface area (Å²) in [7, 11) is 0. The van der Waals surface area contributed by atoms with Crippen LogP contribution >= 0.6 is 0 Å². The number of ketones is 1. The Morgan fingerprint density at radius 1 is 0.957 bits per heavy atom. The highest BCUT2D eigenvalue weighted by atomic mass is 16.1. The summed E-state index contributed by atoms with van der Waals surface area (Å²) >= 11 is 0. The minimum Gasteiger partial charge on any atom is -0.341 e. The average molecular weight is 299 g/mol. The fourth-order valence-electron chi connectivity index (χ4n) is 3.31. The van der Waals surface area contributed by atoms with Crippen LogP contribution in [-0.4, -0.2) is 10.4 Å². The zero-order valence-corrected chi connectivity index (χ0v) is 13.0. The van der Waals surface area contributed by atoms with Crippen LogP contribution in [0, 0.1) is 0 Å². The highest BCUT2D eigenvalue weighted by molar-refractivity contribution is 6.10. The Morgan fingerprint density at radius 3 is 2.43 bits per heavy atom. The van der Waals surface area contributed by atoms with Crippen molar-refractivity contribution in [3.05, 3.63) is 77.7 Å². The van der Waals surface area contributed by atoms with Crippen LogP contribution in [0.4, 0.5) is 0 Å². The molecule has 0 unspecified atom stereocenters. The second-order valence-corrected chi connectivity index (χ2v) is 5.71. The van der Waals surface area contributed by atoms with Gasteiger partial charge in [0.25, 0.3) is 0 Å². The maximum absolute atomic E-state index is 11.2. The fraction of sp³-hybridized carbons (Fsp3) is 0.0952. The summed E-state index contributed by atoms with van der Waals surface area (Å²) in [6.45, 7) is 3.09. The van der Waals surface area contributed by atoms with Gasteiger partial charge in [0.1, 0.15) is 0 Å². The fourth-order valence-corrected chi connectivity index (χ4v) is 3.31. The van der Waals surface area contributed by atoms with E-state index in [4.69, 9.17) is 0 Å². The molecule has 0 radical (unpaired) electrons. The Hall–Kier alpha value is -2.87. The number of hydrogen-bond acceptors (Lipinski definition) is 1. The van der Waals surface area contributed by atoms with Crippen molar-refractivity contribution >= 4 is 33.5 Å². The molecule has 1 heterocycles. The average Bonchev–Trinajstić information content (AvgIpc) is 2.90. The Morgan fingerprint density at radius 2 is 1.70 bits per heavy atom. The van der Waals surface area contributed by atoms with Crippen molar-refractivity contribution in [1.29, 1.82) is 0 Å². The van der Waals surface area contributed by atoms with Gasteiger partial charge in [-0.05, 0) is 42.2 Å². The smallest absolute Gasteiger partial charge is 0.178 e. The molecule has 0 amide bonds. The third kappa shape index (κ3) is 2.23. The molecule has 23 heavy (non-hydrogen) atoms. The van der Waals surface area contributed by atoms with E-state index in [-0.39, 0.29) is 5.78 Å². The van der Waals surface area contributed by atoms with E-state index in [1.807, 2.05) is 12.2 Å². The molecule has 0 saturated heterocycles. The van der Waals surface area contributed by atoms with Gasteiger partial charge in [-0.15, -0.1) is 0 Å². The van der Waals surface area contributed by atoms with Gasteiger partial charge in [0.15, 0.2) is 5.78 Å². The molecule has 0 N–H and O–H groups in total. The van der Waals surface area contributed by atoms with Crippen molar-refractivity contribution in [3.8, 4) is 0 Å². The topological polar surface area (TPSA) is 22.0 Å². The lowest BCUT2D eigenvalue weighted by Gasteiger charge is -2.02. The number of rotatable bonds is 2. The number of hydrogen-bond donors (Lipinski definition) is 0. The molecule has 4 rings (SSSR count). The first kappa shape index (κ1) is 13.8. The third-order valence-corrected chi connectivity index (χ3v) is 4.37. The highest BCUT2D eigenvalue weighted by Gasteiger charge is 2.09. The number of aryl methyl sites for hydroxylation is 1. The molecule has 0 aliphatic heterocycles. The minimum absolute atomic E-state index is 0.0445. The van der Waals surface area contributed by atoms with E-state index in [0.29, 0.717) is 0 Å². The first-order chi connectivity index (χ1) is 11.3. The van der Waals surface area contributed by atoms with Crippen LogP contribution in [0.2, 0.25) is 0 Å². The summed E-state index contributed by atoms with van der Waals surface area (Å²) < 4.78 is 2.34. The second-order valence-electron chi connectivity index (χ2n) is 5.71. The molecule has 1 aliphatic carbocycles. The molecule has 2 heteroatoms. The van der Waals surface area contributed by atoms with Crippen LogP contribution in [0.3, 0.4) is 0 Å². The van der Waals surface area contributed by atoms with Crippen LogP contribution in [0.5, 0.6) is 0 Å². The predicted molar refractivity (Wildman–Crippen MR) is 96.2 cm³/mol. The largest absolute Gasteiger partial charge is 0.341 e. The maximum atomic E-state index is 11.2. The van der Waals surface area contributed by atoms with Crippen molar-refractivity contribution in [3.63, 3.8) is 0 Å². The summed E-state index contributed by atoms with van der Waals surface area (Å²) in [6, 6.07) is 12.9. The Labute approximate surface area is 134 Å². The molecule has 0 bridgehead atoms. The van der Waals surface area contributed by atoms with Crippen LogP contribution in [0.25, 0.3) is 27.8 Å². The number of carbonyl (C=O) groups excluding carboxylic acids is 1. The first-order valence-corrected chi connectivity index (χ1v) is 7.89. The van der Waals surface area contributed by atoms with Crippen LogP contribution < -0.4 is 5.35 Å². The molecule has 2 nitrogen and oxygen atoms in total. The number of benzene rings is 2. The van der Waals surface area contributed by atoms with Crippen molar-refractivity contribution < 1.29 is 4.79 Å². The van der Waals surface area contributed by atoms with Gasteiger partial charge in [0.2, 0.25) is 0 Å². The van der Waals surface area contributed by atoms with Gasteiger partial charge in [-0.1, -0.05) is 48.6 Å². The van der Waals surface area contributed by atoms with Gasteiger partial charge < -0.3 is 4.57 Å².